The lowest BCUT2D eigenvalue weighted by Crippen LogP contribution is -2.66. The van der Waals surface area contributed by atoms with Gasteiger partial charge in [-0.2, -0.15) is 0 Å². The van der Waals surface area contributed by atoms with Crippen LogP contribution in [0.3, 0.4) is 0 Å². The number of hydrogen-bond acceptors (Lipinski definition) is 5. The number of carboxylic acid groups (broad SMARTS) is 1. The van der Waals surface area contributed by atoms with Crippen molar-refractivity contribution in [3.8, 4) is 0 Å². The molecule has 7 nitrogen and oxygen atoms in total. The van der Waals surface area contributed by atoms with Crippen LogP contribution in [0.4, 0.5) is 5.69 Å². The van der Waals surface area contributed by atoms with Crippen molar-refractivity contribution in [3.63, 3.8) is 0 Å². The quantitative estimate of drug-likeness (QED) is 0.198. The molecule has 4 unspecified atom stereocenters. The molecule has 0 saturated heterocycles. The van der Waals surface area contributed by atoms with Gasteiger partial charge in [-0.3, -0.25) is 14.9 Å². The number of non-ortho nitro benzene ring substituents is 1. The maximum atomic E-state index is 12.9. The molecule has 5 fully saturated rings. The van der Waals surface area contributed by atoms with Crippen molar-refractivity contribution in [2.75, 3.05) is 0 Å². The number of fused-ring (bicyclic) bond motifs is 7. The molecule has 5 saturated carbocycles. The highest BCUT2D eigenvalue weighted by atomic mass is 16.6. The first-order chi connectivity index (χ1) is 20.6. The SMILES string of the molecule is C=C(C)[C@H]1CC[C@]2(C(=O)O)CC[C@]3(C)C(CCC4[C@@]5(C)CC/C(=N\OCc6ccc([N+](=O)[O-])cc6)C(C)(C)C5CC[C@]43C)C12. The van der Waals surface area contributed by atoms with Crippen molar-refractivity contribution in [3.05, 3.63) is 52.1 Å². The fourth-order valence-corrected chi connectivity index (χ4v) is 12.4. The zero-order valence-electron chi connectivity index (χ0n) is 27.7. The number of hydrogen-bond donors (Lipinski definition) is 1. The van der Waals surface area contributed by atoms with Crippen molar-refractivity contribution in [2.24, 2.45) is 61.8 Å². The van der Waals surface area contributed by atoms with Crippen LogP contribution in [0.5, 0.6) is 0 Å². The predicted octanol–water partition coefficient (Wildman–Crippen LogP) is 9.21. The third kappa shape index (κ3) is 4.26. The van der Waals surface area contributed by atoms with Crippen LogP contribution in [0, 0.1) is 66.8 Å². The normalized spacial score (nSPS) is 43.2. The van der Waals surface area contributed by atoms with Gasteiger partial charge in [-0.15, -0.1) is 0 Å². The van der Waals surface area contributed by atoms with Crippen molar-refractivity contribution in [1.29, 1.82) is 0 Å². The van der Waals surface area contributed by atoms with E-state index in [9.17, 15) is 20.0 Å². The lowest BCUT2D eigenvalue weighted by Gasteiger charge is -2.72. The number of carbonyl (C=O) groups is 1. The molecule has 1 N–H and O–H groups in total. The average molecular weight is 605 g/mol. The summed E-state index contributed by atoms with van der Waals surface area (Å²) in [5, 5.41) is 26.3. The van der Waals surface area contributed by atoms with E-state index in [1.807, 2.05) is 0 Å². The molecule has 5 aliphatic carbocycles. The largest absolute Gasteiger partial charge is 0.481 e. The lowest BCUT2D eigenvalue weighted by molar-refractivity contribution is -0.384. The summed E-state index contributed by atoms with van der Waals surface area (Å²) in [6.07, 6.45) is 10.2. The summed E-state index contributed by atoms with van der Waals surface area (Å²) in [7, 11) is 0. The number of nitro benzene ring substituents is 1. The molecule has 0 spiro atoms. The minimum absolute atomic E-state index is 0.0771. The lowest BCUT2D eigenvalue weighted by atomic mass is 9.32. The molecule has 0 amide bonds. The van der Waals surface area contributed by atoms with Gasteiger partial charge in [0.1, 0.15) is 6.61 Å². The van der Waals surface area contributed by atoms with E-state index in [0.717, 1.165) is 62.6 Å². The average Bonchev–Trinajstić information content (AvgIpc) is 3.36. The van der Waals surface area contributed by atoms with E-state index in [1.165, 1.54) is 30.5 Å². The fourth-order valence-electron chi connectivity index (χ4n) is 12.4. The van der Waals surface area contributed by atoms with E-state index in [0.29, 0.717) is 30.3 Å². The molecule has 0 bridgehead atoms. The molecule has 1 aromatic rings. The summed E-state index contributed by atoms with van der Waals surface area (Å²) in [6, 6.07) is 6.48. The van der Waals surface area contributed by atoms with E-state index < -0.39 is 11.4 Å². The van der Waals surface area contributed by atoms with E-state index in [1.54, 1.807) is 12.1 Å². The van der Waals surface area contributed by atoms with Gasteiger partial charge in [-0.1, -0.05) is 51.9 Å². The first-order valence-corrected chi connectivity index (χ1v) is 16.9. The second kappa shape index (κ2) is 10.4. The molecular weight excluding hydrogens is 552 g/mol. The highest BCUT2D eigenvalue weighted by Crippen LogP contribution is 2.77. The number of carboxylic acids is 1. The number of benzene rings is 1. The van der Waals surface area contributed by atoms with Gasteiger partial charge >= 0.3 is 5.97 Å². The Kier molecular flexibility index (Phi) is 7.41. The number of aliphatic carboxylic acids is 1. The first-order valence-electron chi connectivity index (χ1n) is 16.9. The van der Waals surface area contributed by atoms with Crippen LogP contribution in [0.15, 0.2) is 41.6 Å². The highest BCUT2D eigenvalue weighted by molar-refractivity contribution is 5.90. The molecule has 9 atom stereocenters. The van der Waals surface area contributed by atoms with Gasteiger partial charge in [0, 0.05) is 17.5 Å². The van der Waals surface area contributed by atoms with Gasteiger partial charge in [-0.05, 0) is 135 Å². The second-order valence-corrected chi connectivity index (χ2v) is 16.6. The molecule has 1 aromatic carbocycles. The van der Waals surface area contributed by atoms with E-state index in [2.05, 4.69) is 48.1 Å². The standard InChI is InChI=1S/C37H52N2O5/c1-23(2)26-14-19-37(32(40)41)21-20-35(6)27(31(26)37)12-13-29-34(5)17-16-30(33(3,4)28(34)15-18-36(29,35)7)38-44-22-24-8-10-25(11-9-24)39(42)43/h8-11,26-29,31H,1,12-22H2,2-7H3,(H,40,41)/b38-30+/t26-,27?,28?,29?,31?,34+,35-,36-,37+/m1/s1. The van der Waals surface area contributed by atoms with Crippen molar-refractivity contribution in [2.45, 2.75) is 112 Å². The van der Waals surface area contributed by atoms with Crippen molar-refractivity contribution < 1.29 is 19.7 Å². The van der Waals surface area contributed by atoms with Crippen LogP contribution in [-0.2, 0) is 16.2 Å². The van der Waals surface area contributed by atoms with E-state index in [-0.39, 0.29) is 38.2 Å². The molecular formula is C37H52N2O5. The summed E-state index contributed by atoms with van der Waals surface area (Å²) in [5.74, 6) is 1.49. The Balaban J connectivity index is 1.24. The Bertz CT molecular complexity index is 1380. The fraction of sp³-hybridized carbons (Fsp3) is 0.730. The molecule has 0 radical (unpaired) electrons. The zero-order valence-corrected chi connectivity index (χ0v) is 27.7. The molecule has 0 aromatic heterocycles. The summed E-state index contributed by atoms with van der Waals surface area (Å²) < 4.78 is 0. The van der Waals surface area contributed by atoms with Crippen molar-refractivity contribution >= 4 is 17.4 Å². The van der Waals surface area contributed by atoms with Crippen molar-refractivity contribution in [1.82, 2.24) is 0 Å². The van der Waals surface area contributed by atoms with E-state index >= 15 is 0 Å². The smallest absolute Gasteiger partial charge is 0.309 e. The number of oxime groups is 1. The van der Waals surface area contributed by atoms with E-state index in [4.69, 9.17) is 9.99 Å². The third-order valence-electron chi connectivity index (χ3n) is 14.8. The number of allylic oxidation sites excluding steroid dienone is 1. The predicted molar refractivity (Wildman–Crippen MR) is 172 cm³/mol. The van der Waals surface area contributed by atoms with Gasteiger partial charge < -0.3 is 9.94 Å². The molecule has 0 heterocycles. The summed E-state index contributed by atoms with van der Waals surface area (Å²) in [5.41, 5.74) is 3.07. The van der Waals surface area contributed by atoms with Crippen LogP contribution in [-0.4, -0.2) is 21.7 Å². The molecule has 240 valence electrons. The minimum Gasteiger partial charge on any atom is -0.481 e. The molecule has 7 heteroatoms. The van der Waals surface area contributed by atoms with Crippen LogP contribution in [0.25, 0.3) is 0 Å². The second-order valence-electron chi connectivity index (χ2n) is 16.6. The van der Waals surface area contributed by atoms with Crippen LogP contribution >= 0.6 is 0 Å². The topological polar surface area (TPSA) is 102 Å². The number of nitro groups is 1. The van der Waals surface area contributed by atoms with Gasteiger partial charge in [0.15, 0.2) is 0 Å². The number of rotatable bonds is 6. The Labute approximate surface area is 263 Å². The van der Waals surface area contributed by atoms with Gasteiger partial charge in [0.2, 0.25) is 0 Å². The van der Waals surface area contributed by atoms with Gasteiger partial charge in [0.05, 0.1) is 16.0 Å². The monoisotopic (exact) mass is 604 g/mol. The third-order valence-corrected chi connectivity index (χ3v) is 14.8. The Hall–Kier alpha value is -2.70. The van der Waals surface area contributed by atoms with Gasteiger partial charge in [-0.25, -0.2) is 0 Å². The zero-order chi connectivity index (χ0) is 31.9. The Morgan fingerprint density at radius 1 is 0.977 bits per heavy atom. The minimum atomic E-state index is -0.579. The first kappa shape index (κ1) is 31.3. The number of nitrogens with zero attached hydrogens (tertiary/aromatic N) is 2. The van der Waals surface area contributed by atoms with Gasteiger partial charge in [0.25, 0.3) is 5.69 Å². The highest BCUT2D eigenvalue weighted by Gasteiger charge is 2.71. The summed E-state index contributed by atoms with van der Waals surface area (Å²) >= 11 is 0. The molecule has 6 rings (SSSR count). The van der Waals surface area contributed by atoms with Crippen LogP contribution in [0.2, 0.25) is 0 Å². The Morgan fingerprint density at radius 3 is 2.32 bits per heavy atom. The molecule has 0 aliphatic heterocycles. The summed E-state index contributed by atoms with van der Waals surface area (Å²) in [6.45, 7) is 19.2. The molecule has 5 aliphatic rings. The Morgan fingerprint density at radius 2 is 1.68 bits per heavy atom. The molecule has 44 heavy (non-hydrogen) atoms. The maximum Gasteiger partial charge on any atom is 0.309 e. The van der Waals surface area contributed by atoms with Crippen LogP contribution < -0.4 is 0 Å². The maximum absolute atomic E-state index is 12.9. The van der Waals surface area contributed by atoms with Crippen LogP contribution in [0.1, 0.15) is 111 Å². The summed E-state index contributed by atoms with van der Waals surface area (Å²) in [4.78, 5) is 29.4.